The molecule has 0 aliphatic carbocycles. The molecule has 6 heteroatoms. The van der Waals surface area contributed by atoms with Crippen LogP contribution in [0.2, 0.25) is 0 Å². The van der Waals surface area contributed by atoms with Crippen molar-refractivity contribution in [3.63, 3.8) is 0 Å². The summed E-state index contributed by atoms with van der Waals surface area (Å²) in [6.45, 7) is 1.61. The number of carbonyl (C=O) groups excluding carboxylic acids is 1. The first-order valence-electron chi connectivity index (χ1n) is 8.96. The highest BCUT2D eigenvalue weighted by atomic mass is 32.2. The Labute approximate surface area is 164 Å². The Morgan fingerprint density at radius 2 is 2.00 bits per heavy atom. The van der Waals surface area contributed by atoms with Crippen LogP contribution in [-0.4, -0.2) is 66.5 Å². The summed E-state index contributed by atoms with van der Waals surface area (Å²) < 4.78 is 5.14. The normalized spacial score (nSPS) is 19.5. The lowest BCUT2D eigenvalue weighted by molar-refractivity contribution is 0.0763. The zero-order valence-electron chi connectivity index (χ0n) is 16.0. The first-order valence-corrected chi connectivity index (χ1v) is 10.2. The van der Waals surface area contributed by atoms with Gasteiger partial charge in [0.1, 0.15) is 5.75 Å². The van der Waals surface area contributed by atoms with Gasteiger partial charge in [0.2, 0.25) is 0 Å². The predicted octanol–water partition coefficient (Wildman–Crippen LogP) is 2.73. The van der Waals surface area contributed by atoms with Crippen LogP contribution < -0.4 is 4.74 Å². The molecule has 0 spiro atoms. The number of methoxy groups -OCH3 is 1. The van der Waals surface area contributed by atoms with Crippen molar-refractivity contribution >= 4 is 17.7 Å². The molecular formula is C21H26N2O3S. The summed E-state index contributed by atoms with van der Waals surface area (Å²) in [5, 5.41) is 10.5. The van der Waals surface area contributed by atoms with Crippen LogP contribution in [0.5, 0.6) is 5.75 Å². The molecule has 0 radical (unpaired) electrons. The predicted molar refractivity (Wildman–Crippen MR) is 108 cm³/mol. The van der Waals surface area contributed by atoms with Crippen molar-refractivity contribution in [1.29, 1.82) is 0 Å². The molecule has 1 saturated heterocycles. The van der Waals surface area contributed by atoms with E-state index in [2.05, 4.69) is 35.4 Å². The summed E-state index contributed by atoms with van der Waals surface area (Å²) in [5.74, 6) is 0.662. The molecule has 5 nitrogen and oxygen atoms in total. The van der Waals surface area contributed by atoms with E-state index in [1.807, 2.05) is 7.05 Å². The Morgan fingerprint density at radius 3 is 2.67 bits per heavy atom. The molecule has 2 aromatic rings. The van der Waals surface area contributed by atoms with Gasteiger partial charge in [-0.2, -0.15) is 0 Å². The molecule has 1 aliphatic rings. The van der Waals surface area contributed by atoms with Gasteiger partial charge in [0.25, 0.3) is 5.91 Å². The topological polar surface area (TPSA) is 53.0 Å². The minimum Gasteiger partial charge on any atom is -0.497 e. The first-order chi connectivity index (χ1) is 13.0. The van der Waals surface area contributed by atoms with Gasteiger partial charge in [-0.15, -0.1) is 11.8 Å². The lowest BCUT2D eigenvalue weighted by atomic mass is 10.1. The molecule has 2 atom stereocenters. The van der Waals surface area contributed by atoms with Crippen molar-refractivity contribution in [3.05, 3.63) is 59.7 Å². The number of carbonyl (C=O) groups is 1. The van der Waals surface area contributed by atoms with Crippen molar-refractivity contribution in [2.45, 2.75) is 23.6 Å². The largest absolute Gasteiger partial charge is 0.497 e. The molecule has 1 aliphatic heterocycles. The van der Waals surface area contributed by atoms with E-state index in [0.717, 1.165) is 12.3 Å². The average Bonchev–Trinajstić information content (AvgIpc) is 3.09. The van der Waals surface area contributed by atoms with Gasteiger partial charge in [0, 0.05) is 30.1 Å². The number of β-amino-alcohol motifs (C(OH)–C–C–N with tert-alkyl or cyclic N) is 1. The Kier molecular flexibility index (Phi) is 6.42. The van der Waals surface area contributed by atoms with Crippen LogP contribution in [0.25, 0.3) is 0 Å². The summed E-state index contributed by atoms with van der Waals surface area (Å²) in [4.78, 5) is 17.8. The lowest BCUT2D eigenvalue weighted by Crippen LogP contribution is -2.40. The van der Waals surface area contributed by atoms with E-state index in [-0.39, 0.29) is 11.9 Å². The minimum atomic E-state index is -0.555. The molecule has 0 aromatic heterocycles. The third-order valence-corrected chi connectivity index (χ3v) is 5.74. The average molecular weight is 387 g/mol. The summed E-state index contributed by atoms with van der Waals surface area (Å²) in [6, 6.07) is 15.4. The van der Waals surface area contributed by atoms with Crippen molar-refractivity contribution in [2.24, 2.45) is 0 Å². The highest BCUT2D eigenvalue weighted by Crippen LogP contribution is 2.22. The number of likely N-dealkylation sites (N-methyl/N-ethyl adjacent to an activating group) is 1. The van der Waals surface area contributed by atoms with E-state index in [4.69, 9.17) is 4.74 Å². The highest BCUT2D eigenvalue weighted by molar-refractivity contribution is 7.98. The fourth-order valence-corrected chi connectivity index (χ4v) is 3.94. The zero-order valence-corrected chi connectivity index (χ0v) is 16.8. The van der Waals surface area contributed by atoms with Crippen LogP contribution in [0.15, 0.2) is 53.4 Å². The number of likely N-dealkylation sites (tertiary alicyclic amines) is 1. The Morgan fingerprint density at radius 1 is 1.26 bits per heavy atom. The number of benzene rings is 2. The van der Waals surface area contributed by atoms with Crippen molar-refractivity contribution in [3.8, 4) is 5.75 Å². The summed E-state index contributed by atoms with van der Waals surface area (Å²) >= 11 is 1.72. The third kappa shape index (κ3) is 4.64. The number of rotatable bonds is 6. The lowest BCUT2D eigenvalue weighted by Gasteiger charge is -2.26. The van der Waals surface area contributed by atoms with Gasteiger partial charge in [-0.25, -0.2) is 0 Å². The van der Waals surface area contributed by atoms with Gasteiger partial charge >= 0.3 is 0 Å². The maximum Gasteiger partial charge on any atom is 0.254 e. The minimum absolute atomic E-state index is 0.0583. The maximum atomic E-state index is 12.8. The molecule has 1 amide bonds. The van der Waals surface area contributed by atoms with Gasteiger partial charge in [0.05, 0.1) is 19.3 Å². The molecule has 1 fully saturated rings. The summed E-state index contributed by atoms with van der Waals surface area (Å²) in [7, 11) is 3.60. The third-order valence-electron chi connectivity index (χ3n) is 5.02. The molecular weight excluding hydrogens is 360 g/mol. The molecule has 0 unspecified atom stereocenters. The quantitative estimate of drug-likeness (QED) is 0.774. The first kappa shape index (κ1) is 19.7. The number of hydrogen-bond donors (Lipinski definition) is 1. The molecule has 1 heterocycles. The van der Waals surface area contributed by atoms with Crippen molar-refractivity contribution in [2.75, 3.05) is 33.5 Å². The second-order valence-electron chi connectivity index (χ2n) is 6.84. The van der Waals surface area contributed by atoms with Crippen LogP contribution in [0, 0.1) is 0 Å². The van der Waals surface area contributed by atoms with Crippen molar-refractivity contribution < 1.29 is 14.6 Å². The molecule has 3 rings (SSSR count). The van der Waals surface area contributed by atoms with Crippen LogP contribution in [0.4, 0.5) is 0 Å². The number of thioether (sulfide) groups is 1. The van der Waals surface area contributed by atoms with Crippen LogP contribution in [0.3, 0.4) is 0 Å². The molecule has 0 bridgehead atoms. The number of hydrogen-bond acceptors (Lipinski definition) is 5. The van der Waals surface area contributed by atoms with Crippen LogP contribution in [0.1, 0.15) is 15.9 Å². The second kappa shape index (κ2) is 8.78. The van der Waals surface area contributed by atoms with Gasteiger partial charge in [-0.05, 0) is 55.3 Å². The molecule has 27 heavy (non-hydrogen) atoms. The second-order valence-corrected chi connectivity index (χ2v) is 7.72. The van der Waals surface area contributed by atoms with Crippen LogP contribution >= 0.6 is 11.8 Å². The van der Waals surface area contributed by atoms with Gasteiger partial charge in [-0.3, -0.25) is 9.69 Å². The van der Waals surface area contributed by atoms with E-state index >= 15 is 0 Å². The van der Waals surface area contributed by atoms with Gasteiger partial charge in [0.15, 0.2) is 0 Å². The molecule has 0 saturated carbocycles. The Balaban J connectivity index is 1.64. The molecule has 1 N–H and O–H groups in total. The van der Waals surface area contributed by atoms with Crippen molar-refractivity contribution in [1.82, 2.24) is 9.80 Å². The Hall–Kier alpha value is -2.02. The smallest absolute Gasteiger partial charge is 0.254 e. The van der Waals surface area contributed by atoms with E-state index in [9.17, 15) is 9.90 Å². The number of aliphatic hydroxyl groups is 1. The maximum absolute atomic E-state index is 12.8. The number of nitrogens with zero attached hydrogens (tertiary/aromatic N) is 2. The summed E-state index contributed by atoms with van der Waals surface area (Å²) in [5.41, 5.74) is 1.82. The monoisotopic (exact) mass is 386 g/mol. The van der Waals surface area contributed by atoms with E-state index in [1.165, 1.54) is 10.5 Å². The highest BCUT2D eigenvalue weighted by Gasteiger charge is 2.36. The van der Waals surface area contributed by atoms with Crippen LogP contribution in [-0.2, 0) is 6.54 Å². The number of aliphatic hydroxyl groups excluding tert-OH is 1. The fourth-order valence-electron chi connectivity index (χ4n) is 3.46. The number of amides is 1. The standard InChI is InChI=1S/C21H26N2O3S/c1-22(12-15-5-4-6-18(11-15)27-3)19-13-23(14-20(19)24)21(25)16-7-9-17(26-2)10-8-16/h4-11,19-20,24H,12-14H2,1-3H3/t19-,20-/m1/s1. The zero-order chi connectivity index (χ0) is 19.4. The van der Waals surface area contributed by atoms with E-state index < -0.39 is 6.10 Å². The van der Waals surface area contributed by atoms with E-state index in [1.54, 1.807) is 48.0 Å². The Bertz CT molecular complexity index is 781. The van der Waals surface area contributed by atoms with Gasteiger partial charge in [-0.1, -0.05) is 12.1 Å². The summed E-state index contributed by atoms with van der Waals surface area (Å²) in [6.07, 6.45) is 1.51. The SMILES string of the molecule is COc1ccc(C(=O)N2C[C@@H](O)[C@H](N(C)Cc3cccc(SC)c3)C2)cc1. The molecule has 144 valence electrons. The van der Waals surface area contributed by atoms with Gasteiger partial charge < -0.3 is 14.7 Å². The number of ether oxygens (including phenoxy) is 1. The fraction of sp³-hybridized carbons (Fsp3) is 0.381. The van der Waals surface area contributed by atoms with E-state index in [0.29, 0.717) is 18.7 Å². The molecule has 2 aromatic carbocycles.